The summed E-state index contributed by atoms with van der Waals surface area (Å²) in [7, 11) is -1.04. The summed E-state index contributed by atoms with van der Waals surface area (Å²) in [6, 6.07) is 4.89. The van der Waals surface area contributed by atoms with Gasteiger partial charge in [0.05, 0.1) is 16.8 Å². The van der Waals surface area contributed by atoms with E-state index < -0.39 is 10.8 Å². The van der Waals surface area contributed by atoms with E-state index in [0.717, 1.165) is 19.4 Å². The van der Waals surface area contributed by atoms with Crippen LogP contribution < -0.4 is 11.1 Å². The van der Waals surface area contributed by atoms with Crippen LogP contribution in [-0.4, -0.2) is 34.3 Å². The molecular formula is C14H19ClN2O3S. The second-order valence-electron chi connectivity index (χ2n) is 4.98. The maximum absolute atomic E-state index is 11.9. The number of ether oxygens (including phenoxy) is 1. The Morgan fingerprint density at radius 1 is 1.52 bits per heavy atom. The number of nitrogen functional groups attached to an aromatic ring is 1. The first-order valence-electron chi connectivity index (χ1n) is 6.86. The fraction of sp³-hybridized carbons (Fsp3) is 0.500. The van der Waals surface area contributed by atoms with E-state index in [0.29, 0.717) is 27.9 Å². The maximum Gasteiger partial charge on any atom is 0.225 e. The van der Waals surface area contributed by atoms with Crippen molar-refractivity contribution in [2.45, 2.75) is 25.4 Å². The predicted molar refractivity (Wildman–Crippen MR) is 86.0 cm³/mol. The lowest BCUT2D eigenvalue weighted by Crippen LogP contribution is -2.20. The zero-order valence-electron chi connectivity index (χ0n) is 11.6. The molecule has 1 aliphatic rings. The zero-order chi connectivity index (χ0) is 15.2. The number of hydrogen-bond donors (Lipinski definition) is 2. The van der Waals surface area contributed by atoms with Crippen molar-refractivity contribution >= 4 is 39.7 Å². The third-order valence-corrected chi connectivity index (χ3v) is 4.94. The van der Waals surface area contributed by atoms with E-state index in [9.17, 15) is 9.00 Å². The van der Waals surface area contributed by atoms with Crippen molar-refractivity contribution in [2.75, 3.05) is 29.2 Å². The SMILES string of the molecule is Nc1ccc(NC(=O)CCS(=O)CC2CCCO2)c(Cl)c1. The highest BCUT2D eigenvalue weighted by atomic mass is 35.5. The molecule has 0 aliphatic carbocycles. The van der Waals surface area contributed by atoms with Gasteiger partial charge in [0.25, 0.3) is 0 Å². The molecule has 1 saturated heterocycles. The van der Waals surface area contributed by atoms with Gasteiger partial charge in [-0.2, -0.15) is 0 Å². The van der Waals surface area contributed by atoms with Crippen molar-refractivity contribution in [1.82, 2.24) is 0 Å². The van der Waals surface area contributed by atoms with E-state index in [4.69, 9.17) is 22.1 Å². The van der Waals surface area contributed by atoms with Crippen molar-refractivity contribution in [1.29, 1.82) is 0 Å². The zero-order valence-corrected chi connectivity index (χ0v) is 13.2. The van der Waals surface area contributed by atoms with Gasteiger partial charge in [0.2, 0.25) is 5.91 Å². The van der Waals surface area contributed by atoms with Crippen molar-refractivity contribution in [2.24, 2.45) is 0 Å². The van der Waals surface area contributed by atoms with Crippen molar-refractivity contribution < 1.29 is 13.7 Å². The van der Waals surface area contributed by atoms with Crippen LogP contribution in [-0.2, 0) is 20.3 Å². The standard InChI is InChI=1S/C14H19ClN2O3S/c15-12-8-10(16)3-4-13(12)17-14(18)5-7-21(19)9-11-2-1-6-20-11/h3-4,8,11H,1-2,5-7,9,16H2,(H,17,18). The van der Waals surface area contributed by atoms with E-state index in [1.165, 1.54) is 0 Å². The molecule has 1 aromatic carbocycles. The lowest BCUT2D eigenvalue weighted by atomic mass is 10.3. The van der Waals surface area contributed by atoms with E-state index in [2.05, 4.69) is 5.32 Å². The van der Waals surface area contributed by atoms with Crippen molar-refractivity contribution in [3.05, 3.63) is 23.2 Å². The number of nitrogens with two attached hydrogens (primary N) is 1. The first-order chi connectivity index (χ1) is 10.0. The van der Waals surface area contributed by atoms with Crippen LogP contribution in [0.3, 0.4) is 0 Å². The number of carbonyl (C=O) groups excluding carboxylic acids is 1. The smallest absolute Gasteiger partial charge is 0.225 e. The molecule has 1 fully saturated rings. The summed E-state index contributed by atoms with van der Waals surface area (Å²) in [6.07, 6.45) is 2.26. The lowest BCUT2D eigenvalue weighted by Gasteiger charge is -2.10. The fourth-order valence-electron chi connectivity index (χ4n) is 2.12. The molecule has 1 amide bonds. The molecule has 3 N–H and O–H groups in total. The Bertz CT molecular complexity index is 533. The van der Waals surface area contributed by atoms with E-state index in [1.807, 2.05) is 0 Å². The molecule has 0 spiro atoms. The number of rotatable bonds is 6. The van der Waals surface area contributed by atoms with Crippen LogP contribution in [0.25, 0.3) is 0 Å². The first kappa shape index (κ1) is 16.3. The highest BCUT2D eigenvalue weighted by molar-refractivity contribution is 7.85. The third kappa shape index (κ3) is 5.30. The summed E-state index contributed by atoms with van der Waals surface area (Å²) >= 11 is 5.98. The number of carbonyl (C=O) groups is 1. The Morgan fingerprint density at radius 3 is 3.00 bits per heavy atom. The largest absolute Gasteiger partial charge is 0.399 e. The molecular weight excluding hydrogens is 312 g/mol. The van der Waals surface area contributed by atoms with Crippen LogP contribution >= 0.6 is 11.6 Å². The monoisotopic (exact) mass is 330 g/mol. The van der Waals surface area contributed by atoms with Crippen molar-refractivity contribution in [3.8, 4) is 0 Å². The third-order valence-electron chi connectivity index (χ3n) is 3.22. The van der Waals surface area contributed by atoms with Crippen LogP contribution in [0.15, 0.2) is 18.2 Å². The molecule has 2 unspecified atom stereocenters. The molecule has 2 rings (SSSR count). The number of anilines is 2. The van der Waals surface area contributed by atoms with Gasteiger partial charge in [-0.05, 0) is 31.0 Å². The van der Waals surface area contributed by atoms with Gasteiger partial charge in [-0.25, -0.2) is 0 Å². The molecule has 7 heteroatoms. The predicted octanol–water partition coefficient (Wildman–Crippen LogP) is 2.18. The average molecular weight is 331 g/mol. The van der Waals surface area contributed by atoms with Gasteiger partial charge in [-0.15, -0.1) is 0 Å². The minimum absolute atomic E-state index is 0.0837. The van der Waals surface area contributed by atoms with Crippen LogP contribution in [0.1, 0.15) is 19.3 Å². The van der Waals surface area contributed by atoms with Crippen LogP contribution in [0.4, 0.5) is 11.4 Å². The van der Waals surface area contributed by atoms with Gasteiger partial charge in [0.15, 0.2) is 0 Å². The van der Waals surface area contributed by atoms with Crippen LogP contribution in [0.5, 0.6) is 0 Å². The first-order valence-corrected chi connectivity index (χ1v) is 8.72. The van der Waals surface area contributed by atoms with E-state index in [1.54, 1.807) is 18.2 Å². The normalized spacial score (nSPS) is 19.4. The minimum Gasteiger partial charge on any atom is -0.399 e. The Morgan fingerprint density at radius 2 is 2.33 bits per heavy atom. The lowest BCUT2D eigenvalue weighted by molar-refractivity contribution is -0.115. The molecule has 1 heterocycles. The highest BCUT2D eigenvalue weighted by Gasteiger charge is 2.18. The van der Waals surface area contributed by atoms with Crippen molar-refractivity contribution in [3.63, 3.8) is 0 Å². The van der Waals surface area contributed by atoms with Gasteiger partial charge in [-0.3, -0.25) is 9.00 Å². The number of nitrogens with one attached hydrogen (secondary N) is 1. The highest BCUT2D eigenvalue weighted by Crippen LogP contribution is 2.24. The summed E-state index contributed by atoms with van der Waals surface area (Å²) < 4.78 is 17.3. The molecule has 0 saturated carbocycles. The minimum atomic E-state index is -1.04. The van der Waals surface area contributed by atoms with Gasteiger partial charge < -0.3 is 15.8 Å². The molecule has 1 aromatic rings. The summed E-state index contributed by atoms with van der Waals surface area (Å²) in [5, 5.41) is 3.09. The molecule has 0 radical (unpaired) electrons. The number of benzene rings is 1. The molecule has 2 atom stereocenters. The van der Waals surface area contributed by atoms with Gasteiger partial charge in [0, 0.05) is 41.0 Å². The number of hydrogen-bond acceptors (Lipinski definition) is 4. The van der Waals surface area contributed by atoms with Crippen LogP contribution in [0, 0.1) is 0 Å². The Balaban J connectivity index is 1.75. The molecule has 0 bridgehead atoms. The number of halogens is 1. The maximum atomic E-state index is 11.9. The topological polar surface area (TPSA) is 81.4 Å². The van der Waals surface area contributed by atoms with Gasteiger partial charge >= 0.3 is 0 Å². The molecule has 116 valence electrons. The van der Waals surface area contributed by atoms with E-state index in [-0.39, 0.29) is 18.4 Å². The summed E-state index contributed by atoms with van der Waals surface area (Å²) in [5.74, 6) is 0.635. The summed E-state index contributed by atoms with van der Waals surface area (Å²) in [4.78, 5) is 11.8. The Kier molecular flexibility index (Phi) is 6.02. The summed E-state index contributed by atoms with van der Waals surface area (Å²) in [5.41, 5.74) is 6.64. The average Bonchev–Trinajstić information content (AvgIpc) is 2.92. The Hall–Kier alpha value is -1.11. The Labute approximate surface area is 131 Å². The molecule has 5 nitrogen and oxygen atoms in total. The molecule has 0 aromatic heterocycles. The molecule has 1 aliphatic heterocycles. The quantitative estimate of drug-likeness (QED) is 0.783. The second kappa shape index (κ2) is 7.77. The van der Waals surface area contributed by atoms with E-state index >= 15 is 0 Å². The summed E-state index contributed by atoms with van der Waals surface area (Å²) in [6.45, 7) is 0.748. The second-order valence-corrected chi connectivity index (χ2v) is 7.01. The van der Waals surface area contributed by atoms with Crippen LogP contribution in [0.2, 0.25) is 5.02 Å². The van der Waals surface area contributed by atoms with Gasteiger partial charge in [0.1, 0.15) is 0 Å². The fourth-order valence-corrected chi connectivity index (χ4v) is 3.61. The van der Waals surface area contributed by atoms with Gasteiger partial charge in [-0.1, -0.05) is 11.6 Å². The number of amides is 1. The molecule has 21 heavy (non-hydrogen) atoms.